The molecule has 1 amide bonds. The summed E-state index contributed by atoms with van der Waals surface area (Å²) in [5.41, 5.74) is 3.84. The van der Waals surface area contributed by atoms with Gasteiger partial charge in [0.25, 0.3) is 5.91 Å². The molecule has 2 atom stereocenters. The Labute approximate surface area is 179 Å². The number of aryl methyl sites for hydroxylation is 1. The molecule has 2 N–H and O–H groups in total. The molecular weight excluding hydrogens is 398 g/mol. The predicted octanol–water partition coefficient (Wildman–Crippen LogP) is 1.99. The Balaban J connectivity index is 1.76. The summed E-state index contributed by atoms with van der Waals surface area (Å²) in [6, 6.07) is 13.2. The highest BCUT2D eigenvalue weighted by atomic mass is 32.2. The minimum absolute atomic E-state index is 0.0978. The number of benzene rings is 2. The number of amides is 1. The molecule has 1 aliphatic rings. The zero-order valence-electron chi connectivity index (χ0n) is 18.2. The van der Waals surface area contributed by atoms with E-state index >= 15 is 0 Å². The van der Waals surface area contributed by atoms with Crippen molar-refractivity contribution < 1.29 is 18.1 Å². The number of carbonyl (C=O) groups excluding carboxylic acids is 1. The van der Waals surface area contributed by atoms with Gasteiger partial charge in [0.15, 0.2) is 6.04 Å². The zero-order chi connectivity index (χ0) is 21.9. The first kappa shape index (κ1) is 22.5. The van der Waals surface area contributed by atoms with Crippen LogP contribution in [0.2, 0.25) is 0 Å². The summed E-state index contributed by atoms with van der Waals surface area (Å²) in [6.45, 7) is 9.89. The second-order valence-electron chi connectivity index (χ2n) is 7.88. The number of carbonyl (C=O) groups is 1. The summed E-state index contributed by atoms with van der Waals surface area (Å²) in [5.74, 6) is -0.0978. The van der Waals surface area contributed by atoms with Crippen LogP contribution in [-0.4, -0.2) is 44.3 Å². The Hall–Kier alpha value is -2.22. The zero-order valence-corrected chi connectivity index (χ0v) is 19.1. The Morgan fingerprint density at radius 3 is 2.47 bits per heavy atom. The molecule has 0 aromatic heterocycles. The number of nitrogens with zero attached hydrogens (tertiary/aromatic N) is 1. The highest BCUT2D eigenvalue weighted by molar-refractivity contribution is 7.89. The largest absolute Gasteiger partial charge is 0.321 e. The second-order valence-corrected chi connectivity index (χ2v) is 9.79. The van der Waals surface area contributed by atoms with Crippen LogP contribution in [0.15, 0.2) is 47.4 Å². The van der Waals surface area contributed by atoms with Crippen molar-refractivity contribution in [3.05, 3.63) is 59.2 Å². The van der Waals surface area contributed by atoms with Gasteiger partial charge in [-0.15, -0.1) is 0 Å². The van der Waals surface area contributed by atoms with Gasteiger partial charge in [-0.1, -0.05) is 44.2 Å². The molecule has 0 saturated carbocycles. The summed E-state index contributed by atoms with van der Waals surface area (Å²) in [6.07, 6.45) is 0.958. The van der Waals surface area contributed by atoms with E-state index in [1.54, 1.807) is 25.1 Å². The van der Waals surface area contributed by atoms with Gasteiger partial charge >= 0.3 is 0 Å². The molecule has 0 aliphatic carbocycles. The van der Waals surface area contributed by atoms with E-state index in [1.807, 2.05) is 26.8 Å². The minimum atomic E-state index is -3.59. The maximum Gasteiger partial charge on any atom is 0.282 e. The molecule has 0 fully saturated rings. The second kappa shape index (κ2) is 9.29. The molecule has 162 valence electrons. The first-order valence-corrected chi connectivity index (χ1v) is 12.0. The number of fused-ring (bicyclic) bond motifs is 1. The number of hydrogen-bond donors (Lipinski definition) is 2. The van der Waals surface area contributed by atoms with Gasteiger partial charge in [0.05, 0.1) is 11.4 Å². The topological polar surface area (TPSA) is 70.9 Å². The number of sulfonamides is 1. The molecule has 2 aromatic rings. The van der Waals surface area contributed by atoms with E-state index in [1.165, 1.54) is 20.3 Å². The van der Waals surface area contributed by atoms with Gasteiger partial charge in [-0.2, -0.15) is 4.31 Å². The van der Waals surface area contributed by atoms with Crippen molar-refractivity contribution >= 4 is 21.6 Å². The summed E-state index contributed by atoms with van der Waals surface area (Å²) < 4.78 is 27.4. The number of hydrogen-bond acceptors (Lipinski definition) is 3. The van der Waals surface area contributed by atoms with Crippen LogP contribution < -0.4 is 10.2 Å². The minimum Gasteiger partial charge on any atom is -0.321 e. The first-order valence-electron chi connectivity index (χ1n) is 10.6. The third-order valence-electron chi connectivity index (χ3n) is 6.04. The average Bonchev–Trinajstić information content (AvgIpc) is 2.74. The van der Waals surface area contributed by atoms with Crippen molar-refractivity contribution in [2.45, 2.75) is 51.6 Å². The highest BCUT2D eigenvalue weighted by Gasteiger charge is 2.29. The fraction of sp³-hybridized carbons (Fsp3) is 0.435. The number of rotatable bonds is 7. The first-order chi connectivity index (χ1) is 14.3. The lowest BCUT2D eigenvalue weighted by molar-refractivity contribution is -0.929. The number of quaternary nitrogens is 1. The molecule has 0 bridgehead atoms. The van der Waals surface area contributed by atoms with Gasteiger partial charge in [0.1, 0.15) is 6.54 Å². The normalized spacial score (nSPS) is 17.4. The van der Waals surface area contributed by atoms with E-state index in [2.05, 4.69) is 23.5 Å². The molecule has 0 radical (unpaired) electrons. The molecule has 1 aliphatic heterocycles. The summed E-state index contributed by atoms with van der Waals surface area (Å²) in [4.78, 5) is 14.4. The predicted molar refractivity (Wildman–Crippen MR) is 119 cm³/mol. The van der Waals surface area contributed by atoms with E-state index in [0.717, 1.165) is 19.5 Å². The van der Waals surface area contributed by atoms with Gasteiger partial charge in [-0.25, -0.2) is 8.42 Å². The van der Waals surface area contributed by atoms with E-state index < -0.39 is 10.0 Å². The third-order valence-corrected chi connectivity index (χ3v) is 8.23. The van der Waals surface area contributed by atoms with Crippen LogP contribution in [0.1, 0.15) is 37.5 Å². The van der Waals surface area contributed by atoms with Gasteiger partial charge in [0, 0.05) is 30.8 Å². The van der Waals surface area contributed by atoms with Crippen molar-refractivity contribution in [2.75, 3.05) is 25.0 Å². The maximum atomic E-state index is 13.0. The van der Waals surface area contributed by atoms with Crippen LogP contribution in [0.4, 0.5) is 5.69 Å². The Kier molecular flexibility index (Phi) is 6.95. The van der Waals surface area contributed by atoms with Crippen molar-refractivity contribution in [1.82, 2.24) is 4.31 Å². The highest BCUT2D eigenvalue weighted by Crippen LogP contribution is 2.23. The molecule has 3 rings (SSSR count). The lowest BCUT2D eigenvalue weighted by Gasteiger charge is -2.30. The lowest BCUT2D eigenvalue weighted by atomic mass is 9.99. The van der Waals surface area contributed by atoms with Crippen LogP contribution in [0.3, 0.4) is 0 Å². The van der Waals surface area contributed by atoms with Crippen molar-refractivity contribution in [3.63, 3.8) is 0 Å². The standard InChI is InChI=1S/C23H31N3O3S/c1-5-26(6-2)30(28,29)22-15-21(12-11-17(22)3)24-23(27)18(4)25-14-13-19-9-7-8-10-20(19)16-25/h7-12,15,18H,5-6,13-14,16H2,1-4H3,(H,24,27)/p+1/t18-/m1/s1. The Bertz CT molecular complexity index is 1020. The summed E-state index contributed by atoms with van der Waals surface area (Å²) in [7, 11) is -3.59. The van der Waals surface area contributed by atoms with Crippen molar-refractivity contribution in [2.24, 2.45) is 0 Å². The Morgan fingerprint density at radius 2 is 1.80 bits per heavy atom. The fourth-order valence-electron chi connectivity index (χ4n) is 4.07. The molecule has 2 aromatic carbocycles. The lowest BCUT2D eigenvalue weighted by Crippen LogP contribution is -3.16. The summed E-state index contributed by atoms with van der Waals surface area (Å²) >= 11 is 0. The molecule has 0 saturated heterocycles. The molecular formula is C23H32N3O3S+. The van der Waals surface area contributed by atoms with Crippen LogP contribution in [0.25, 0.3) is 0 Å². The van der Waals surface area contributed by atoms with Gasteiger partial charge in [-0.05, 0) is 37.1 Å². The smallest absolute Gasteiger partial charge is 0.282 e. The van der Waals surface area contributed by atoms with E-state index in [-0.39, 0.29) is 16.8 Å². The molecule has 0 spiro atoms. The average molecular weight is 431 g/mol. The number of anilines is 1. The third kappa shape index (κ3) is 4.58. The fourth-order valence-corrected chi connectivity index (χ4v) is 5.77. The van der Waals surface area contributed by atoms with E-state index in [4.69, 9.17) is 0 Å². The van der Waals surface area contributed by atoms with Crippen LogP contribution in [0.5, 0.6) is 0 Å². The number of nitrogens with one attached hydrogen (secondary N) is 2. The van der Waals surface area contributed by atoms with Crippen LogP contribution >= 0.6 is 0 Å². The van der Waals surface area contributed by atoms with E-state index in [9.17, 15) is 13.2 Å². The quantitative estimate of drug-likeness (QED) is 0.706. The van der Waals surface area contributed by atoms with Gasteiger partial charge in [0.2, 0.25) is 10.0 Å². The summed E-state index contributed by atoms with van der Waals surface area (Å²) in [5, 5.41) is 2.93. The van der Waals surface area contributed by atoms with Crippen molar-refractivity contribution in [3.8, 4) is 0 Å². The van der Waals surface area contributed by atoms with Crippen LogP contribution in [-0.2, 0) is 27.8 Å². The van der Waals surface area contributed by atoms with Gasteiger partial charge < -0.3 is 10.2 Å². The molecule has 30 heavy (non-hydrogen) atoms. The Morgan fingerprint density at radius 1 is 1.13 bits per heavy atom. The monoisotopic (exact) mass is 430 g/mol. The van der Waals surface area contributed by atoms with Gasteiger partial charge in [-0.3, -0.25) is 4.79 Å². The molecule has 7 heteroatoms. The molecule has 1 unspecified atom stereocenters. The van der Waals surface area contributed by atoms with Crippen LogP contribution in [0, 0.1) is 6.92 Å². The van der Waals surface area contributed by atoms with Crippen molar-refractivity contribution in [1.29, 1.82) is 0 Å². The van der Waals surface area contributed by atoms with E-state index in [0.29, 0.717) is 24.3 Å². The molecule has 1 heterocycles. The SMILES string of the molecule is CCN(CC)S(=O)(=O)c1cc(NC(=O)[C@@H](C)[NH+]2CCc3ccccc3C2)ccc1C. The maximum absolute atomic E-state index is 13.0. The molecule has 6 nitrogen and oxygen atoms in total.